The number of likely N-dealkylation sites (tertiary alicyclic amines) is 1. The first-order valence-electron chi connectivity index (χ1n) is 5.46. The number of piperidine rings is 1. The minimum atomic E-state index is -0.859. The Bertz CT molecular complexity index is 489. The Kier molecular flexibility index (Phi) is 4.14. The normalized spacial score (nSPS) is 19.9. The van der Waals surface area contributed by atoms with Gasteiger partial charge in [-0.15, -0.1) is 11.3 Å². The van der Waals surface area contributed by atoms with E-state index in [1.807, 2.05) is 0 Å². The number of halogens is 2. The van der Waals surface area contributed by atoms with Crippen LogP contribution >= 0.6 is 34.5 Å². The molecule has 2 rings (SSSR count). The average Bonchev–Trinajstić information content (AvgIpc) is 2.67. The van der Waals surface area contributed by atoms with Gasteiger partial charge in [-0.05, 0) is 18.9 Å². The van der Waals surface area contributed by atoms with Crippen LogP contribution in [0.5, 0.6) is 0 Å². The van der Waals surface area contributed by atoms with Crippen molar-refractivity contribution in [2.75, 3.05) is 13.1 Å². The number of carbonyl (C=O) groups is 2. The number of nitrogens with zero attached hydrogens (tertiary/aromatic N) is 1. The predicted octanol–water partition coefficient (Wildman–Crippen LogP) is 2.99. The van der Waals surface area contributed by atoms with Gasteiger partial charge in [-0.25, -0.2) is 0 Å². The minimum absolute atomic E-state index is 0.234. The molecule has 0 radical (unpaired) electrons. The summed E-state index contributed by atoms with van der Waals surface area (Å²) in [7, 11) is 0. The molecule has 0 aromatic carbocycles. The summed E-state index contributed by atoms with van der Waals surface area (Å²) in [5.41, 5.74) is 0.359. The number of hydrogen-bond acceptors (Lipinski definition) is 3. The Morgan fingerprint density at radius 1 is 1.44 bits per heavy atom. The number of carbonyl (C=O) groups excluding carboxylic acids is 1. The lowest BCUT2D eigenvalue weighted by Gasteiger charge is -2.30. The fourth-order valence-electron chi connectivity index (χ4n) is 2.02. The van der Waals surface area contributed by atoms with Crippen molar-refractivity contribution < 1.29 is 14.7 Å². The van der Waals surface area contributed by atoms with E-state index < -0.39 is 11.9 Å². The van der Waals surface area contributed by atoms with Gasteiger partial charge in [0.25, 0.3) is 5.91 Å². The smallest absolute Gasteiger partial charge is 0.308 e. The molecule has 0 aliphatic carbocycles. The summed E-state index contributed by atoms with van der Waals surface area (Å²) < 4.78 is 0.803. The number of amides is 1. The van der Waals surface area contributed by atoms with Crippen molar-refractivity contribution >= 4 is 46.4 Å². The molecule has 1 saturated heterocycles. The molecular weight excluding hydrogens is 297 g/mol. The molecule has 1 aromatic heterocycles. The summed E-state index contributed by atoms with van der Waals surface area (Å²) in [6, 6.07) is 1.53. The van der Waals surface area contributed by atoms with E-state index in [9.17, 15) is 9.59 Å². The van der Waals surface area contributed by atoms with Crippen molar-refractivity contribution in [3.63, 3.8) is 0 Å². The highest BCUT2D eigenvalue weighted by Crippen LogP contribution is 2.32. The van der Waals surface area contributed by atoms with Crippen LogP contribution in [0.3, 0.4) is 0 Å². The van der Waals surface area contributed by atoms with Crippen LogP contribution in [-0.4, -0.2) is 35.0 Å². The van der Waals surface area contributed by atoms with Crippen molar-refractivity contribution in [1.82, 2.24) is 4.90 Å². The Labute approximate surface area is 118 Å². The lowest BCUT2D eigenvalue weighted by molar-refractivity contribution is -0.143. The van der Waals surface area contributed by atoms with Gasteiger partial charge >= 0.3 is 5.97 Å². The molecule has 1 aromatic rings. The highest BCUT2D eigenvalue weighted by atomic mass is 35.5. The Morgan fingerprint density at radius 2 is 2.17 bits per heavy atom. The van der Waals surface area contributed by atoms with E-state index in [0.29, 0.717) is 33.6 Å². The molecule has 0 spiro atoms. The Morgan fingerprint density at radius 3 is 2.72 bits per heavy atom. The van der Waals surface area contributed by atoms with Gasteiger partial charge in [0.1, 0.15) is 4.34 Å². The Balaban J connectivity index is 2.14. The van der Waals surface area contributed by atoms with Crippen LogP contribution in [0.25, 0.3) is 0 Å². The van der Waals surface area contributed by atoms with Crippen LogP contribution in [0, 0.1) is 5.92 Å². The fourth-order valence-corrected chi connectivity index (χ4v) is 3.47. The number of rotatable bonds is 2. The molecule has 1 N–H and O–H groups in total. The van der Waals surface area contributed by atoms with Crippen LogP contribution < -0.4 is 0 Å². The number of aliphatic carboxylic acids is 1. The van der Waals surface area contributed by atoms with Crippen LogP contribution in [0.15, 0.2) is 6.07 Å². The zero-order valence-corrected chi connectivity index (χ0v) is 11.7. The van der Waals surface area contributed by atoms with Gasteiger partial charge in [-0.3, -0.25) is 9.59 Å². The zero-order chi connectivity index (χ0) is 13.3. The standard InChI is InChI=1S/C11H11Cl2NO3S/c12-8-4-7(9(13)18-8)10(15)14-3-1-2-6(5-14)11(16)17/h4,6H,1-3,5H2,(H,16,17)/t6-/m1/s1. The van der Waals surface area contributed by atoms with Gasteiger partial charge in [0.2, 0.25) is 0 Å². The number of thiophene rings is 1. The second kappa shape index (κ2) is 5.47. The molecular formula is C11H11Cl2NO3S. The average molecular weight is 308 g/mol. The van der Waals surface area contributed by atoms with Gasteiger partial charge in [0.05, 0.1) is 15.8 Å². The molecule has 2 heterocycles. The first kappa shape index (κ1) is 13.6. The SMILES string of the molecule is O=C(O)[C@@H]1CCCN(C(=O)c2cc(Cl)sc2Cl)C1. The van der Waals surface area contributed by atoms with Gasteiger partial charge in [0.15, 0.2) is 0 Å². The van der Waals surface area contributed by atoms with E-state index >= 15 is 0 Å². The second-order valence-electron chi connectivity index (χ2n) is 4.17. The lowest BCUT2D eigenvalue weighted by Crippen LogP contribution is -2.42. The molecule has 1 fully saturated rings. The molecule has 1 aliphatic heterocycles. The van der Waals surface area contributed by atoms with E-state index in [4.69, 9.17) is 28.3 Å². The maximum Gasteiger partial charge on any atom is 0.308 e. The van der Waals surface area contributed by atoms with Gasteiger partial charge in [-0.1, -0.05) is 23.2 Å². The maximum absolute atomic E-state index is 12.2. The molecule has 0 unspecified atom stereocenters. The molecule has 1 aliphatic rings. The summed E-state index contributed by atoms with van der Waals surface area (Å²) in [6.07, 6.45) is 1.30. The fraction of sp³-hybridized carbons (Fsp3) is 0.455. The van der Waals surface area contributed by atoms with Crippen LogP contribution in [0.1, 0.15) is 23.2 Å². The molecule has 0 bridgehead atoms. The second-order valence-corrected chi connectivity index (χ2v) is 6.45. The molecule has 98 valence electrons. The van der Waals surface area contributed by atoms with E-state index in [2.05, 4.69) is 0 Å². The number of hydrogen-bond donors (Lipinski definition) is 1. The van der Waals surface area contributed by atoms with E-state index in [-0.39, 0.29) is 12.5 Å². The van der Waals surface area contributed by atoms with Gasteiger partial charge < -0.3 is 10.0 Å². The van der Waals surface area contributed by atoms with Crippen molar-refractivity contribution in [2.45, 2.75) is 12.8 Å². The van der Waals surface area contributed by atoms with E-state index in [1.54, 1.807) is 0 Å². The van der Waals surface area contributed by atoms with Gasteiger partial charge in [0, 0.05) is 13.1 Å². The zero-order valence-electron chi connectivity index (χ0n) is 9.36. The van der Waals surface area contributed by atoms with E-state index in [1.165, 1.54) is 11.0 Å². The lowest BCUT2D eigenvalue weighted by atomic mass is 9.98. The summed E-state index contributed by atoms with van der Waals surface area (Å²) in [6.45, 7) is 0.796. The van der Waals surface area contributed by atoms with E-state index in [0.717, 1.165) is 11.3 Å². The summed E-state index contributed by atoms with van der Waals surface area (Å²) in [5, 5.41) is 8.98. The van der Waals surface area contributed by atoms with Crippen molar-refractivity contribution in [3.05, 3.63) is 20.3 Å². The van der Waals surface area contributed by atoms with Crippen LogP contribution in [0.4, 0.5) is 0 Å². The molecule has 18 heavy (non-hydrogen) atoms. The largest absolute Gasteiger partial charge is 0.481 e. The third kappa shape index (κ3) is 2.79. The predicted molar refractivity (Wildman–Crippen MR) is 70.6 cm³/mol. The first-order valence-corrected chi connectivity index (χ1v) is 7.03. The minimum Gasteiger partial charge on any atom is -0.481 e. The van der Waals surface area contributed by atoms with Gasteiger partial charge in [-0.2, -0.15) is 0 Å². The molecule has 1 amide bonds. The highest BCUT2D eigenvalue weighted by molar-refractivity contribution is 7.20. The first-order chi connectivity index (χ1) is 8.49. The van der Waals surface area contributed by atoms with Crippen LogP contribution in [-0.2, 0) is 4.79 Å². The number of carboxylic acid groups (broad SMARTS) is 1. The molecule has 4 nitrogen and oxygen atoms in total. The summed E-state index contributed by atoms with van der Waals surface area (Å²) in [5.74, 6) is -1.59. The van der Waals surface area contributed by atoms with Crippen molar-refractivity contribution in [2.24, 2.45) is 5.92 Å². The van der Waals surface area contributed by atoms with Crippen molar-refractivity contribution in [1.29, 1.82) is 0 Å². The number of carboxylic acids is 1. The van der Waals surface area contributed by atoms with Crippen molar-refractivity contribution in [3.8, 4) is 0 Å². The molecule has 7 heteroatoms. The topological polar surface area (TPSA) is 57.6 Å². The Hall–Kier alpha value is -0.780. The summed E-state index contributed by atoms with van der Waals surface area (Å²) >= 11 is 12.9. The maximum atomic E-state index is 12.2. The molecule has 0 saturated carbocycles. The monoisotopic (exact) mass is 307 g/mol. The highest BCUT2D eigenvalue weighted by Gasteiger charge is 2.29. The third-order valence-corrected chi connectivity index (χ3v) is 4.43. The molecule has 1 atom stereocenters. The quantitative estimate of drug-likeness (QED) is 0.913. The summed E-state index contributed by atoms with van der Waals surface area (Å²) in [4.78, 5) is 24.7. The third-order valence-electron chi connectivity index (χ3n) is 2.94. The van der Waals surface area contributed by atoms with Crippen LogP contribution in [0.2, 0.25) is 8.67 Å².